The molecule has 1 heterocycles. The molecule has 2 unspecified atom stereocenters. The first-order valence-corrected chi connectivity index (χ1v) is 6.74. The van der Waals surface area contributed by atoms with Crippen LogP contribution in [0.3, 0.4) is 0 Å². The maximum atomic E-state index is 4.39. The van der Waals surface area contributed by atoms with Crippen molar-refractivity contribution in [3.05, 3.63) is 12.2 Å². The third-order valence-corrected chi connectivity index (χ3v) is 3.21. The Labute approximate surface area is 106 Å². The maximum Gasteiger partial charge on any atom is 0.193 e. The van der Waals surface area contributed by atoms with E-state index in [1.54, 1.807) is 0 Å². The molecule has 3 heteroatoms. The van der Waals surface area contributed by atoms with Crippen molar-refractivity contribution in [1.29, 1.82) is 0 Å². The number of nitrogens with zero attached hydrogens (tertiary/aromatic N) is 2. The number of hydrogen-bond donors (Lipinski definition) is 1. The third-order valence-electron chi connectivity index (χ3n) is 3.21. The Balaban J connectivity index is 2.44. The maximum absolute atomic E-state index is 4.39. The lowest BCUT2D eigenvalue weighted by molar-refractivity contribution is 0.208. The van der Waals surface area contributed by atoms with Crippen LogP contribution >= 0.6 is 0 Å². The van der Waals surface area contributed by atoms with Gasteiger partial charge in [0.2, 0.25) is 0 Å². The number of guanidine groups is 1. The van der Waals surface area contributed by atoms with E-state index < -0.39 is 0 Å². The highest BCUT2D eigenvalue weighted by molar-refractivity contribution is 5.80. The first-order valence-electron chi connectivity index (χ1n) is 6.74. The van der Waals surface area contributed by atoms with Crippen LogP contribution in [0.5, 0.6) is 0 Å². The van der Waals surface area contributed by atoms with Crippen LogP contribution in [0.25, 0.3) is 0 Å². The smallest absolute Gasteiger partial charge is 0.193 e. The van der Waals surface area contributed by atoms with E-state index in [0.717, 1.165) is 43.9 Å². The highest BCUT2D eigenvalue weighted by Gasteiger charge is 2.23. The number of allylic oxidation sites excluding steroid dienone is 1. The Morgan fingerprint density at radius 2 is 2.00 bits per heavy atom. The van der Waals surface area contributed by atoms with Crippen molar-refractivity contribution in [3.63, 3.8) is 0 Å². The summed E-state index contributed by atoms with van der Waals surface area (Å²) in [4.78, 5) is 6.78. The summed E-state index contributed by atoms with van der Waals surface area (Å²) in [6.07, 6.45) is 6.68. The summed E-state index contributed by atoms with van der Waals surface area (Å²) in [5.41, 5.74) is 0. The van der Waals surface area contributed by atoms with Crippen LogP contribution in [0, 0.1) is 11.8 Å². The van der Waals surface area contributed by atoms with E-state index in [-0.39, 0.29) is 0 Å². The van der Waals surface area contributed by atoms with Crippen molar-refractivity contribution >= 4 is 5.96 Å². The van der Waals surface area contributed by atoms with Crippen molar-refractivity contribution in [1.82, 2.24) is 10.2 Å². The van der Waals surface area contributed by atoms with Crippen LogP contribution in [0.1, 0.15) is 33.6 Å². The topological polar surface area (TPSA) is 27.6 Å². The predicted octanol–water partition coefficient (Wildman–Crippen LogP) is 2.51. The molecule has 1 rings (SSSR count). The fourth-order valence-electron chi connectivity index (χ4n) is 2.60. The van der Waals surface area contributed by atoms with Gasteiger partial charge < -0.3 is 10.2 Å². The van der Waals surface area contributed by atoms with Gasteiger partial charge in [0.05, 0.1) is 0 Å². The van der Waals surface area contributed by atoms with Gasteiger partial charge in [-0.1, -0.05) is 26.0 Å². The molecule has 1 saturated heterocycles. The Kier molecular flexibility index (Phi) is 6.09. The van der Waals surface area contributed by atoms with Crippen molar-refractivity contribution in [2.24, 2.45) is 16.8 Å². The van der Waals surface area contributed by atoms with Crippen LogP contribution < -0.4 is 5.32 Å². The van der Waals surface area contributed by atoms with Gasteiger partial charge in [-0.05, 0) is 31.6 Å². The second-order valence-electron chi connectivity index (χ2n) is 5.18. The van der Waals surface area contributed by atoms with Gasteiger partial charge in [0.1, 0.15) is 0 Å². The molecular formula is C14H27N3. The lowest BCUT2D eigenvalue weighted by atomic mass is 9.92. The van der Waals surface area contributed by atoms with Gasteiger partial charge in [0.15, 0.2) is 5.96 Å². The van der Waals surface area contributed by atoms with E-state index >= 15 is 0 Å². The van der Waals surface area contributed by atoms with Gasteiger partial charge in [-0.15, -0.1) is 0 Å². The van der Waals surface area contributed by atoms with Crippen LogP contribution in [0.15, 0.2) is 17.1 Å². The second kappa shape index (κ2) is 7.36. The zero-order chi connectivity index (χ0) is 12.7. The average molecular weight is 237 g/mol. The van der Waals surface area contributed by atoms with Gasteiger partial charge in [-0.3, -0.25) is 4.99 Å². The van der Waals surface area contributed by atoms with E-state index in [4.69, 9.17) is 0 Å². The number of hydrogen-bond acceptors (Lipinski definition) is 1. The van der Waals surface area contributed by atoms with Gasteiger partial charge in [0.25, 0.3) is 0 Å². The van der Waals surface area contributed by atoms with Crippen molar-refractivity contribution in [2.75, 3.05) is 26.7 Å². The SMILES string of the molecule is CC=CCCNC(=NC)N1CC(C)CC(C)C1. The molecule has 0 radical (unpaired) electrons. The fourth-order valence-corrected chi connectivity index (χ4v) is 2.60. The molecular weight excluding hydrogens is 210 g/mol. The summed E-state index contributed by atoms with van der Waals surface area (Å²) in [6, 6.07) is 0. The molecule has 1 fully saturated rings. The summed E-state index contributed by atoms with van der Waals surface area (Å²) in [5.74, 6) is 2.61. The Hall–Kier alpha value is -0.990. The number of aliphatic imine (C=N–C) groups is 1. The van der Waals surface area contributed by atoms with Crippen molar-refractivity contribution in [3.8, 4) is 0 Å². The van der Waals surface area contributed by atoms with Gasteiger partial charge in [-0.25, -0.2) is 0 Å². The highest BCUT2D eigenvalue weighted by atomic mass is 15.3. The summed E-state index contributed by atoms with van der Waals surface area (Å²) in [6.45, 7) is 9.95. The van der Waals surface area contributed by atoms with Crippen LogP contribution in [0.2, 0.25) is 0 Å². The molecule has 0 spiro atoms. The molecule has 0 aromatic rings. The molecule has 2 atom stereocenters. The summed E-state index contributed by atoms with van der Waals surface area (Å²) in [7, 11) is 1.88. The van der Waals surface area contributed by atoms with Gasteiger partial charge in [-0.2, -0.15) is 0 Å². The summed E-state index contributed by atoms with van der Waals surface area (Å²) in [5, 5.41) is 3.44. The van der Waals surface area contributed by atoms with Crippen LogP contribution in [-0.2, 0) is 0 Å². The molecule has 0 aromatic carbocycles. The van der Waals surface area contributed by atoms with Crippen molar-refractivity contribution in [2.45, 2.75) is 33.6 Å². The lowest BCUT2D eigenvalue weighted by Crippen LogP contribution is -2.48. The standard InChI is InChI=1S/C14H27N3/c1-5-6-7-8-16-14(15-4)17-10-12(2)9-13(3)11-17/h5-6,12-13H,7-11H2,1-4H3,(H,15,16). The first kappa shape index (κ1) is 14.1. The molecule has 1 N–H and O–H groups in total. The molecule has 0 saturated carbocycles. The number of nitrogens with one attached hydrogen (secondary N) is 1. The minimum atomic E-state index is 0.771. The second-order valence-corrected chi connectivity index (χ2v) is 5.18. The molecule has 1 aliphatic rings. The third kappa shape index (κ3) is 4.80. The Morgan fingerprint density at radius 3 is 2.53 bits per heavy atom. The minimum absolute atomic E-state index is 0.771. The largest absolute Gasteiger partial charge is 0.356 e. The first-order chi connectivity index (χ1) is 8.17. The summed E-state index contributed by atoms with van der Waals surface area (Å²) >= 11 is 0. The van der Waals surface area contributed by atoms with Gasteiger partial charge >= 0.3 is 0 Å². The molecule has 0 amide bonds. The lowest BCUT2D eigenvalue weighted by Gasteiger charge is -2.37. The molecule has 98 valence electrons. The quantitative estimate of drug-likeness (QED) is 0.353. The van der Waals surface area contributed by atoms with Gasteiger partial charge in [0, 0.05) is 26.7 Å². The van der Waals surface area contributed by atoms with E-state index in [1.807, 2.05) is 7.05 Å². The number of rotatable bonds is 3. The van der Waals surface area contributed by atoms with E-state index in [9.17, 15) is 0 Å². The average Bonchev–Trinajstić information content (AvgIpc) is 2.28. The Morgan fingerprint density at radius 1 is 1.35 bits per heavy atom. The van der Waals surface area contributed by atoms with Crippen LogP contribution in [-0.4, -0.2) is 37.5 Å². The molecule has 0 aliphatic carbocycles. The van der Waals surface area contributed by atoms with E-state index in [1.165, 1.54) is 6.42 Å². The normalized spacial score (nSPS) is 26.6. The Bertz CT molecular complexity index is 261. The molecule has 3 nitrogen and oxygen atoms in total. The zero-order valence-electron chi connectivity index (χ0n) is 11.7. The monoisotopic (exact) mass is 237 g/mol. The number of piperidine rings is 1. The molecule has 0 bridgehead atoms. The fraction of sp³-hybridized carbons (Fsp3) is 0.786. The molecule has 1 aliphatic heterocycles. The zero-order valence-corrected chi connectivity index (χ0v) is 11.7. The molecule has 17 heavy (non-hydrogen) atoms. The minimum Gasteiger partial charge on any atom is -0.356 e. The molecule has 0 aromatic heterocycles. The predicted molar refractivity (Wildman–Crippen MR) is 75.3 cm³/mol. The van der Waals surface area contributed by atoms with Crippen molar-refractivity contribution < 1.29 is 0 Å². The van der Waals surface area contributed by atoms with E-state index in [0.29, 0.717) is 0 Å². The van der Waals surface area contributed by atoms with Crippen LogP contribution in [0.4, 0.5) is 0 Å². The van der Waals surface area contributed by atoms with E-state index in [2.05, 4.69) is 48.1 Å². The number of likely N-dealkylation sites (tertiary alicyclic amines) is 1. The highest BCUT2D eigenvalue weighted by Crippen LogP contribution is 2.20. The summed E-state index contributed by atoms with van der Waals surface area (Å²) < 4.78 is 0.